The van der Waals surface area contributed by atoms with Gasteiger partial charge >= 0.3 is 0 Å². The first-order valence-corrected chi connectivity index (χ1v) is 7.89. The van der Waals surface area contributed by atoms with Gasteiger partial charge in [0.15, 0.2) is 6.20 Å². The van der Waals surface area contributed by atoms with Crippen molar-refractivity contribution in [3.05, 3.63) is 59.9 Å². The molecular formula is C20H23N2+. The smallest absolute Gasteiger partial charge is 0.222 e. The maximum Gasteiger partial charge on any atom is 0.222 e. The fourth-order valence-electron chi connectivity index (χ4n) is 3.04. The molecule has 2 heteroatoms. The van der Waals surface area contributed by atoms with E-state index < -0.39 is 0 Å². The van der Waals surface area contributed by atoms with Crippen LogP contribution in [0.2, 0.25) is 0 Å². The van der Waals surface area contributed by atoms with Gasteiger partial charge in [-0.3, -0.25) is 4.98 Å². The van der Waals surface area contributed by atoms with E-state index >= 15 is 0 Å². The zero-order chi connectivity index (χ0) is 15.7. The molecule has 0 saturated heterocycles. The molecule has 112 valence electrons. The van der Waals surface area contributed by atoms with Crippen molar-refractivity contribution in [2.75, 3.05) is 0 Å². The van der Waals surface area contributed by atoms with Gasteiger partial charge in [0.05, 0.1) is 10.9 Å². The topological polar surface area (TPSA) is 16.8 Å². The monoisotopic (exact) mass is 291 g/mol. The Balaban J connectivity index is 2.28. The van der Waals surface area contributed by atoms with Crippen LogP contribution >= 0.6 is 0 Å². The van der Waals surface area contributed by atoms with E-state index in [9.17, 15) is 0 Å². The summed E-state index contributed by atoms with van der Waals surface area (Å²) in [5.41, 5.74) is 6.18. The van der Waals surface area contributed by atoms with Crippen molar-refractivity contribution in [2.45, 2.75) is 27.2 Å². The lowest BCUT2D eigenvalue weighted by molar-refractivity contribution is -0.659. The van der Waals surface area contributed by atoms with Crippen molar-refractivity contribution in [1.82, 2.24) is 4.98 Å². The third-order valence-corrected chi connectivity index (χ3v) is 4.08. The van der Waals surface area contributed by atoms with Crippen LogP contribution < -0.4 is 4.57 Å². The van der Waals surface area contributed by atoms with Gasteiger partial charge in [0.1, 0.15) is 7.05 Å². The first-order valence-electron chi connectivity index (χ1n) is 7.89. The first kappa shape index (κ1) is 14.7. The molecule has 0 N–H and O–H groups in total. The van der Waals surface area contributed by atoms with Gasteiger partial charge in [-0.1, -0.05) is 32.0 Å². The summed E-state index contributed by atoms with van der Waals surface area (Å²) in [6, 6.07) is 13.0. The quantitative estimate of drug-likeness (QED) is 0.660. The lowest BCUT2D eigenvalue weighted by Gasteiger charge is -2.09. The lowest BCUT2D eigenvalue weighted by atomic mass is 9.98. The largest absolute Gasteiger partial charge is 0.255 e. The Bertz CT molecular complexity index is 819. The molecule has 0 aliphatic heterocycles. The number of hydrogen-bond acceptors (Lipinski definition) is 1. The molecular weight excluding hydrogens is 268 g/mol. The van der Waals surface area contributed by atoms with Gasteiger partial charge in [-0.25, -0.2) is 4.57 Å². The Labute approximate surface area is 132 Å². The number of pyridine rings is 2. The fraction of sp³-hybridized carbons (Fsp3) is 0.300. The molecule has 3 rings (SSSR count). The average Bonchev–Trinajstić information content (AvgIpc) is 2.48. The molecule has 0 aliphatic carbocycles. The normalized spacial score (nSPS) is 11.3. The van der Waals surface area contributed by atoms with E-state index in [1.807, 2.05) is 6.20 Å². The van der Waals surface area contributed by atoms with Crippen LogP contribution in [-0.2, 0) is 13.5 Å². The lowest BCUT2D eigenvalue weighted by Crippen LogP contribution is -2.30. The predicted molar refractivity (Wildman–Crippen MR) is 91.6 cm³/mol. The fourth-order valence-corrected chi connectivity index (χ4v) is 3.04. The Morgan fingerprint density at radius 2 is 1.91 bits per heavy atom. The minimum Gasteiger partial charge on any atom is -0.255 e. The number of hydrogen-bond donors (Lipinski definition) is 0. The van der Waals surface area contributed by atoms with Gasteiger partial charge in [-0.05, 0) is 42.5 Å². The second-order valence-corrected chi connectivity index (χ2v) is 6.46. The molecule has 0 radical (unpaired) electrons. The summed E-state index contributed by atoms with van der Waals surface area (Å²) in [5, 5.41) is 1.23. The summed E-state index contributed by atoms with van der Waals surface area (Å²) < 4.78 is 2.20. The third-order valence-electron chi connectivity index (χ3n) is 4.08. The number of rotatable bonds is 3. The van der Waals surface area contributed by atoms with E-state index in [4.69, 9.17) is 0 Å². The van der Waals surface area contributed by atoms with E-state index in [-0.39, 0.29) is 0 Å². The van der Waals surface area contributed by atoms with E-state index in [0.717, 1.165) is 11.9 Å². The summed E-state index contributed by atoms with van der Waals surface area (Å²) >= 11 is 0. The second-order valence-electron chi connectivity index (χ2n) is 6.46. The van der Waals surface area contributed by atoms with Crippen LogP contribution in [0.25, 0.3) is 22.2 Å². The summed E-state index contributed by atoms with van der Waals surface area (Å²) in [4.78, 5) is 4.68. The SMILES string of the molecule is Cc1ccccc1-c1c2cc(CC(C)C)cnc2cc[n+]1C. The standard InChI is InChI=1S/C20H23N2/c1-14(2)11-16-12-18-19(21-13-16)9-10-22(4)20(18)17-8-6-5-7-15(17)3/h5-10,12-14H,11H2,1-4H3/q+1. The first-order chi connectivity index (χ1) is 10.6. The maximum atomic E-state index is 4.68. The van der Waals surface area contributed by atoms with Crippen molar-refractivity contribution in [1.29, 1.82) is 0 Å². The number of nitrogens with zero attached hydrogens (tertiary/aromatic N) is 2. The van der Waals surface area contributed by atoms with Gasteiger partial charge in [0, 0.05) is 17.8 Å². The summed E-state index contributed by atoms with van der Waals surface area (Å²) in [5.74, 6) is 0.638. The van der Waals surface area contributed by atoms with E-state index in [2.05, 4.69) is 80.0 Å². The van der Waals surface area contributed by atoms with Gasteiger partial charge in [0.2, 0.25) is 5.69 Å². The van der Waals surface area contributed by atoms with Crippen LogP contribution in [0.5, 0.6) is 0 Å². The molecule has 0 saturated carbocycles. The number of aromatic nitrogens is 2. The van der Waals surface area contributed by atoms with Crippen LogP contribution in [0.1, 0.15) is 25.0 Å². The average molecular weight is 291 g/mol. The molecule has 0 amide bonds. The number of aryl methyl sites for hydroxylation is 2. The Morgan fingerprint density at radius 1 is 1.14 bits per heavy atom. The highest BCUT2D eigenvalue weighted by Crippen LogP contribution is 2.27. The van der Waals surface area contributed by atoms with Gasteiger partial charge in [-0.15, -0.1) is 0 Å². The summed E-state index contributed by atoms with van der Waals surface area (Å²) in [6.45, 7) is 6.66. The molecule has 0 spiro atoms. The number of fused-ring (bicyclic) bond motifs is 1. The van der Waals surface area contributed by atoms with E-state index in [1.54, 1.807) is 0 Å². The number of benzene rings is 1. The van der Waals surface area contributed by atoms with Crippen LogP contribution in [-0.4, -0.2) is 4.98 Å². The zero-order valence-electron chi connectivity index (χ0n) is 13.8. The van der Waals surface area contributed by atoms with E-state index in [0.29, 0.717) is 5.92 Å². The highest BCUT2D eigenvalue weighted by molar-refractivity contribution is 5.91. The Morgan fingerprint density at radius 3 is 2.64 bits per heavy atom. The molecule has 0 fully saturated rings. The molecule has 2 aromatic heterocycles. The van der Waals surface area contributed by atoms with Gasteiger partial charge < -0.3 is 0 Å². The molecule has 22 heavy (non-hydrogen) atoms. The minimum atomic E-state index is 0.638. The Hall–Kier alpha value is -2.22. The van der Waals surface area contributed by atoms with Gasteiger partial charge in [0.25, 0.3) is 0 Å². The van der Waals surface area contributed by atoms with Crippen LogP contribution in [0.4, 0.5) is 0 Å². The molecule has 2 nitrogen and oxygen atoms in total. The third kappa shape index (κ3) is 2.74. The molecule has 2 heterocycles. The van der Waals surface area contributed by atoms with Crippen LogP contribution in [0.3, 0.4) is 0 Å². The van der Waals surface area contributed by atoms with Gasteiger partial charge in [-0.2, -0.15) is 0 Å². The molecule has 0 atom stereocenters. The highest BCUT2D eigenvalue weighted by Gasteiger charge is 2.17. The van der Waals surface area contributed by atoms with Crippen molar-refractivity contribution in [2.24, 2.45) is 13.0 Å². The van der Waals surface area contributed by atoms with Crippen LogP contribution in [0.15, 0.2) is 48.8 Å². The minimum absolute atomic E-state index is 0.638. The van der Waals surface area contributed by atoms with Crippen molar-refractivity contribution < 1.29 is 4.57 Å². The molecule has 0 unspecified atom stereocenters. The van der Waals surface area contributed by atoms with Crippen molar-refractivity contribution in [3.8, 4) is 11.3 Å². The molecule has 3 aromatic rings. The van der Waals surface area contributed by atoms with Crippen LogP contribution in [0, 0.1) is 12.8 Å². The van der Waals surface area contributed by atoms with E-state index in [1.165, 1.54) is 27.8 Å². The maximum absolute atomic E-state index is 4.68. The molecule has 0 bridgehead atoms. The molecule has 0 aliphatic rings. The van der Waals surface area contributed by atoms with Crippen molar-refractivity contribution in [3.63, 3.8) is 0 Å². The highest BCUT2D eigenvalue weighted by atomic mass is 14.9. The Kier molecular flexibility index (Phi) is 3.93. The summed E-state index contributed by atoms with van der Waals surface area (Å²) in [6.07, 6.45) is 5.18. The zero-order valence-corrected chi connectivity index (χ0v) is 13.8. The summed E-state index contributed by atoms with van der Waals surface area (Å²) in [7, 11) is 2.11. The second kappa shape index (κ2) is 5.88. The van der Waals surface area contributed by atoms with Crippen molar-refractivity contribution >= 4 is 10.9 Å². The molecule has 1 aromatic carbocycles. The predicted octanol–water partition coefficient (Wildman–Crippen LogP) is 4.23.